The maximum atomic E-state index is 11.9. The van der Waals surface area contributed by atoms with Crippen LogP contribution in [0.5, 0.6) is 0 Å². The summed E-state index contributed by atoms with van der Waals surface area (Å²) in [6.45, 7) is 6.07. The van der Waals surface area contributed by atoms with Gasteiger partial charge in [0.15, 0.2) is 0 Å². The zero-order valence-corrected chi connectivity index (χ0v) is 12.7. The average molecular weight is 294 g/mol. The fourth-order valence-corrected chi connectivity index (χ4v) is 2.81. The Morgan fingerprint density at radius 2 is 2.19 bits per heavy atom. The normalized spacial score (nSPS) is 20.2. The number of rotatable bonds is 4. The van der Waals surface area contributed by atoms with Crippen LogP contribution in [-0.2, 0) is 6.54 Å². The van der Waals surface area contributed by atoms with Gasteiger partial charge in [0.1, 0.15) is 17.1 Å². The minimum absolute atomic E-state index is 0.120. The fourth-order valence-electron chi connectivity index (χ4n) is 2.81. The van der Waals surface area contributed by atoms with E-state index in [2.05, 4.69) is 24.5 Å². The van der Waals surface area contributed by atoms with Crippen LogP contribution >= 0.6 is 0 Å². The number of urea groups is 1. The second kappa shape index (κ2) is 5.79. The number of carboxylic acids is 1. The monoisotopic (exact) mass is 294 g/mol. The van der Waals surface area contributed by atoms with Gasteiger partial charge in [-0.25, -0.2) is 9.59 Å². The average Bonchev–Trinajstić information content (AvgIpc) is 2.90. The molecule has 116 valence electrons. The van der Waals surface area contributed by atoms with E-state index >= 15 is 0 Å². The van der Waals surface area contributed by atoms with Crippen molar-refractivity contribution < 1.29 is 19.1 Å². The molecule has 6 nitrogen and oxygen atoms in total. The lowest BCUT2D eigenvalue weighted by atomic mass is 9.87. The van der Waals surface area contributed by atoms with Gasteiger partial charge in [0.05, 0.1) is 6.54 Å². The lowest BCUT2D eigenvalue weighted by Gasteiger charge is -2.27. The number of aryl methyl sites for hydroxylation is 1. The smallest absolute Gasteiger partial charge is 0.339 e. The summed E-state index contributed by atoms with van der Waals surface area (Å²) in [6.07, 6.45) is 3.22. The molecule has 1 aromatic rings. The van der Waals surface area contributed by atoms with Crippen LogP contribution in [0.25, 0.3) is 0 Å². The van der Waals surface area contributed by atoms with Gasteiger partial charge in [-0.15, -0.1) is 0 Å². The lowest BCUT2D eigenvalue weighted by Crippen LogP contribution is -2.46. The van der Waals surface area contributed by atoms with Crippen molar-refractivity contribution in [2.24, 2.45) is 5.41 Å². The molecular weight excluding hydrogens is 272 g/mol. The standard InChI is InChI=1S/C15H22N2O4/c1-9-11(13(18)19)7-10(21-9)8-16-14(20)17-12-5-4-6-15(12,2)3/h7,12H,4-6,8H2,1-3H3,(H,18,19)(H2,16,17,20). The van der Waals surface area contributed by atoms with Crippen LogP contribution < -0.4 is 10.6 Å². The first kappa shape index (κ1) is 15.4. The van der Waals surface area contributed by atoms with Crippen molar-refractivity contribution in [3.05, 3.63) is 23.2 Å². The minimum Gasteiger partial charge on any atom is -0.478 e. The highest BCUT2D eigenvalue weighted by molar-refractivity contribution is 5.88. The number of aromatic carboxylic acids is 1. The summed E-state index contributed by atoms with van der Waals surface area (Å²) in [7, 11) is 0. The van der Waals surface area contributed by atoms with Crippen molar-refractivity contribution in [2.75, 3.05) is 0 Å². The molecule has 1 aliphatic carbocycles. The summed E-state index contributed by atoms with van der Waals surface area (Å²) in [5.74, 6) is -0.248. The summed E-state index contributed by atoms with van der Waals surface area (Å²) >= 11 is 0. The quantitative estimate of drug-likeness (QED) is 0.796. The zero-order valence-electron chi connectivity index (χ0n) is 12.7. The molecule has 1 atom stereocenters. The molecule has 1 fully saturated rings. The van der Waals surface area contributed by atoms with Crippen molar-refractivity contribution >= 4 is 12.0 Å². The van der Waals surface area contributed by atoms with E-state index in [0.717, 1.165) is 19.3 Å². The molecule has 0 saturated heterocycles. The Labute approximate surface area is 123 Å². The number of carbonyl (C=O) groups excluding carboxylic acids is 1. The number of hydrogen-bond donors (Lipinski definition) is 3. The molecule has 1 saturated carbocycles. The predicted molar refractivity (Wildman–Crippen MR) is 77.2 cm³/mol. The molecule has 1 unspecified atom stereocenters. The highest BCUT2D eigenvalue weighted by atomic mass is 16.4. The predicted octanol–water partition coefficient (Wildman–Crippen LogP) is 2.66. The molecular formula is C15H22N2O4. The van der Waals surface area contributed by atoms with Gasteiger partial charge in [-0.2, -0.15) is 0 Å². The highest BCUT2D eigenvalue weighted by Crippen LogP contribution is 2.37. The minimum atomic E-state index is -1.03. The van der Waals surface area contributed by atoms with E-state index in [0.29, 0.717) is 11.5 Å². The van der Waals surface area contributed by atoms with Crippen LogP contribution in [0.3, 0.4) is 0 Å². The third kappa shape index (κ3) is 3.56. The van der Waals surface area contributed by atoms with Gasteiger partial charge in [0.2, 0.25) is 0 Å². The maximum Gasteiger partial charge on any atom is 0.339 e. The number of carbonyl (C=O) groups is 2. The Balaban J connectivity index is 1.87. The van der Waals surface area contributed by atoms with Gasteiger partial charge in [0, 0.05) is 6.04 Å². The van der Waals surface area contributed by atoms with Gasteiger partial charge in [-0.1, -0.05) is 20.3 Å². The first-order chi connectivity index (χ1) is 9.79. The molecule has 1 aliphatic rings. The first-order valence-corrected chi connectivity index (χ1v) is 7.16. The van der Waals surface area contributed by atoms with E-state index in [1.807, 2.05) is 0 Å². The van der Waals surface area contributed by atoms with Gasteiger partial charge in [-0.3, -0.25) is 0 Å². The van der Waals surface area contributed by atoms with E-state index in [-0.39, 0.29) is 29.6 Å². The van der Waals surface area contributed by atoms with Crippen LogP contribution in [-0.4, -0.2) is 23.1 Å². The topological polar surface area (TPSA) is 91.6 Å². The molecule has 0 aromatic carbocycles. The number of nitrogens with one attached hydrogen (secondary N) is 2. The molecule has 21 heavy (non-hydrogen) atoms. The molecule has 0 radical (unpaired) electrons. The largest absolute Gasteiger partial charge is 0.478 e. The van der Waals surface area contributed by atoms with Gasteiger partial charge in [-0.05, 0) is 31.2 Å². The molecule has 1 aromatic heterocycles. The summed E-state index contributed by atoms with van der Waals surface area (Å²) in [4.78, 5) is 22.8. The summed E-state index contributed by atoms with van der Waals surface area (Å²) in [5, 5.41) is 14.6. The van der Waals surface area contributed by atoms with Gasteiger partial charge < -0.3 is 20.2 Å². The van der Waals surface area contributed by atoms with Crippen molar-refractivity contribution in [1.29, 1.82) is 0 Å². The van der Waals surface area contributed by atoms with Crippen LogP contribution in [0.4, 0.5) is 4.79 Å². The Hall–Kier alpha value is -1.98. The maximum absolute atomic E-state index is 11.9. The van der Waals surface area contributed by atoms with Crippen molar-refractivity contribution in [2.45, 2.75) is 52.6 Å². The number of amides is 2. The molecule has 0 bridgehead atoms. The first-order valence-electron chi connectivity index (χ1n) is 7.16. The molecule has 1 heterocycles. The van der Waals surface area contributed by atoms with Gasteiger partial charge >= 0.3 is 12.0 Å². The van der Waals surface area contributed by atoms with Crippen LogP contribution in [0.15, 0.2) is 10.5 Å². The van der Waals surface area contributed by atoms with Crippen molar-refractivity contribution in [1.82, 2.24) is 10.6 Å². The molecule has 0 aliphatic heterocycles. The zero-order chi connectivity index (χ0) is 15.6. The Morgan fingerprint density at radius 3 is 2.71 bits per heavy atom. The summed E-state index contributed by atoms with van der Waals surface area (Å²) < 4.78 is 5.31. The van der Waals surface area contributed by atoms with Gasteiger partial charge in [0.25, 0.3) is 0 Å². The lowest BCUT2D eigenvalue weighted by molar-refractivity contribution is 0.0695. The number of furan rings is 1. The van der Waals surface area contributed by atoms with Crippen molar-refractivity contribution in [3.8, 4) is 0 Å². The molecule has 0 spiro atoms. The third-order valence-corrected chi connectivity index (χ3v) is 4.18. The van der Waals surface area contributed by atoms with Crippen LogP contribution in [0, 0.1) is 12.3 Å². The Bertz CT molecular complexity index is 548. The fraction of sp³-hybridized carbons (Fsp3) is 0.600. The second-order valence-corrected chi connectivity index (χ2v) is 6.25. The van der Waals surface area contributed by atoms with E-state index < -0.39 is 5.97 Å². The Kier molecular flexibility index (Phi) is 4.25. The van der Waals surface area contributed by atoms with E-state index in [9.17, 15) is 9.59 Å². The van der Waals surface area contributed by atoms with Crippen LogP contribution in [0.2, 0.25) is 0 Å². The summed E-state index contributed by atoms with van der Waals surface area (Å²) in [5.41, 5.74) is 0.249. The SMILES string of the molecule is Cc1oc(CNC(=O)NC2CCCC2(C)C)cc1C(=O)O. The van der Waals surface area contributed by atoms with E-state index in [1.165, 1.54) is 6.07 Å². The second-order valence-electron chi connectivity index (χ2n) is 6.25. The van der Waals surface area contributed by atoms with E-state index in [4.69, 9.17) is 9.52 Å². The summed E-state index contributed by atoms with van der Waals surface area (Å²) in [6, 6.07) is 1.36. The van der Waals surface area contributed by atoms with E-state index in [1.54, 1.807) is 6.92 Å². The molecule has 2 rings (SSSR count). The van der Waals surface area contributed by atoms with Crippen LogP contribution in [0.1, 0.15) is 55.0 Å². The van der Waals surface area contributed by atoms with Crippen molar-refractivity contribution in [3.63, 3.8) is 0 Å². The number of hydrogen-bond acceptors (Lipinski definition) is 3. The third-order valence-electron chi connectivity index (χ3n) is 4.18. The number of carboxylic acid groups (broad SMARTS) is 1. The molecule has 2 amide bonds. The molecule has 6 heteroatoms. The highest BCUT2D eigenvalue weighted by Gasteiger charge is 2.35. The Morgan fingerprint density at radius 1 is 1.48 bits per heavy atom. The molecule has 3 N–H and O–H groups in total.